The van der Waals surface area contributed by atoms with E-state index in [0.717, 1.165) is 0 Å². The molecule has 0 heterocycles. The molecule has 4 heteroatoms. The SMILES string of the molecule is COCC(NC(C)C(=O)NC(C)C)C1CC1. The lowest BCUT2D eigenvalue weighted by Crippen LogP contribution is -2.50. The Bertz CT molecular complexity index is 227. The molecule has 0 saturated heterocycles. The normalized spacial score (nSPS) is 19.6. The third-order valence-electron chi connectivity index (χ3n) is 2.83. The van der Waals surface area contributed by atoms with Crippen LogP contribution in [0.3, 0.4) is 0 Å². The quantitative estimate of drug-likeness (QED) is 0.681. The van der Waals surface area contributed by atoms with E-state index < -0.39 is 0 Å². The van der Waals surface area contributed by atoms with Gasteiger partial charge in [-0.25, -0.2) is 0 Å². The van der Waals surface area contributed by atoms with Crippen molar-refractivity contribution in [1.82, 2.24) is 10.6 Å². The Morgan fingerprint density at radius 2 is 2.00 bits per heavy atom. The van der Waals surface area contributed by atoms with E-state index in [-0.39, 0.29) is 18.0 Å². The van der Waals surface area contributed by atoms with Gasteiger partial charge in [-0.1, -0.05) is 0 Å². The number of carbonyl (C=O) groups excluding carboxylic acids is 1. The van der Waals surface area contributed by atoms with Crippen molar-refractivity contribution in [2.45, 2.75) is 51.7 Å². The van der Waals surface area contributed by atoms with E-state index in [4.69, 9.17) is 4.74 Å². The van der Waals surface area contributed by atoms with Crippen LogP contribution in [0.1, 0.15) is 33.6 Å². The van der Waals surface area contributed by atoms with Crippen molar-refractivity contribution in [2.75, 3.05) is 13.7 Å². The van der Waals surface area contributed by atoms with Crippen LogP contribution in [0.2, 0.25) is 0 Å². The second kappa shape index (κ2) is 6.21. The minimum atomic E-state index is -0.150. The first kappa shape index (κ1) is 13.5. The van der Waals surface area contributed by atoms with Crippen molar-refractivity contribution in [2.24, 2.45) is 5.92 Å². The minimum Gasteiger partial charge on any atom is -0.383 e. The maximum Gasteiger partial charge on any atom is 0.237 e. The number of carbonyl (C=O) groups is 1. The molecule has 4 nitrogen and oxygen atoms in total. The van der Waals surface area contributed by atoms with Crippen molar-refractivity contribution in [1.29, 1.82) is 0 Å². The zero-order valence-corrected chi connectivity index (χ0v) is 10.7. The summed E-state index contributed by atoms with van der Waals surface area (Å²) in [6, 6.07) is 0.361. The van der Waals surface area contributed by atoms with Crippen molar-refractivity contribution < 1.29 is 9.53 Å². The van der Waals surface area contributed by atoms with Gasteiger partial charge < -0.3 is 15.4 Å². The third kappa shape index (κ3) is 4.49. The molecule has 0 aromatic carbocycles. The Hall–Kier alpha value is -0.610. The Balaban J connectivity index is 2.34. The second-order valence-corrected chi connectivity index (χ2v) is 4.95. The molecule has 1 saturated carbocycles. The maximum atomic E-state index is 11.7. The fourth-order valence-electron chi connectivity index (χ4n) is 1.80. The van der Waals surface area contributed by atoms with Crippen LogP contribution in [-0.4, -0.2) is 37.7 Å². The lowest BCUT2D eigenvalue weighted by molar-refractivity contribution is -0.123. The van der Waals surface area contributed by atoms with Crippen molar-refractivity contribution >= 4 is 5.91 Å². The minimum absolute atomic E-state index is 0.0664. The van der Waals surface area contributed by atoms with E-state index in [9.17, 15) is 4.79 Å². The third-order valence-corrected chi connectivity index (χ3v) is 2.83. The molecule has 0 radical (unpaired) electrons. The lowest BCUT2D eigenvalue weighted by Gasteiger charge is -2.23. The van der Waals surface area contributed by atoms with Crippen LogP contribution in [0.4, 0.5) is 0 Å². The van der Waals surface area contributed by atoms with Crippen LogP contribution in [0.15, 0.2) is 0 Å². The zero-order chi connectivity index (χ0) is 12.1. The monoisotopic (exact) mass is 228 g/mol. The van der Waals surface area contributed by atoms with E-state index in [1.54, 1.807) is 7.11 Å². The Morgan fingerprint density at radius 1 is 1.38 bits per heavy atom. The summed E-state index contributed by atoms with van der Waals surface area (Å²) < 4.78 is 5.17. The lowest BCUT2D eigenvalue weighted by atomic mass is 10.1. The first-order valence-corrected chi connectivity index (χ1v) is 6.10. The van der Waals surface area contributed by atoms with Crippen molar-refractivity contribution in [3.63, 3.8) is 0 Å². The highest BCUT2D eigenvalue weighted by Gasteiger charge is 2.32. The number of amides is 1. The van der Waals surface area contributed by atoms with E-state index in [1.165, 1.54) is 12.8 Å². The summed E-state index contributed by atoms with van der Waals surface area (Å²) in [4.78, 5) is 11.7. The summed E-state index contributed by atoms with van der Waals surface area (Å²) in [7, 11) is 1.70. The van der Waals surface area contributed by atoms with E-state index in [1.807, 2.05) is 20.8 Å². The van der Waals surface area contributed by atoms with Gasteiger partial charge in [0.05, 0.1) is 12.6 Å². The number of nitrogens with one attached hydrogen (secondary N) is 2. The van der Waals surface area contributed by atoms with Gasteiger partial charge >= 0.3 is 0 Å². The first-order chi connectivity index (χ1) is 7.54. The van der Waals surface area contributed by atoms with E-state index in [2.05, 4.69) is 10.6 Å². The standard InChI is InChI=1S/C12H24N2O2/c1-8(2)13-12(15)9(3)14-11(7-16-4)10-5-6-10/h8-11,14H,5-7H2,1-4H3,(H,13,15). The van der Waals surface area contributed by atoms with Gasteiger partial charge in [0.25, 0.3) is 0 Å². The largest absolute Gasteiger partial charge is 0.383 e. The summed E-state index contributed by atoms with van der Waals surface area (Å²) in [6.45, 7) is 6.53. The van der Waals surface area contributed by atoms with E-state index >= 15 is 0 Å². The molecular formula is C12H24N2O2. The number of hydrogen-bond donors (Lipinski definition) is 2. The van der Waals surface area contributed by atoms with Gasteiger partial charge in [0.1, 0.15) is 0 Å². The Kier molecular flexibility index (Phi) is 5.22. The highest BCUT2D eigenvalue weighted by molar-refractivity contribution is 5.81. The molecule has 1 rings (SSSR count). The molecule has 0 aromatic rings. The van der Waals surface area contributed by atoms with Gasteiger partial charge in [-0.15, -0.1) is 0 Å². The number of ether oxygens (including phenoxy) is 1. The van der Waals surface area contributed by atoms with Gasteiger partial charge in [-0.2, -0.15) is 0 Å². The number of methoxy groups -OCH3 is 1. The molecule has 16 heavy (non-hydrogen) atoms. The van der Waals surface area contributed by atoms with Crippen LogP contribution in [-0.2, 0) is 9.53 Å². The summed E-state index contributed by atoms with van der Waals surface area (Å²) in [5.74, 6) is 0.756. The molecule has 0 aromatic heterocycles. The number of rotatable bonds is 7. The zero-order valence-electron chi connectivity index (χ0n) is 10.7. The van der Waals surface area contributed by atoms with Crippen molar-refractivity contribution in [3.05, 3.63) is 0 Å². The Labute approximate surface area is 98.1 Å². The summed E-state index contributed by atoms with van der Waals surface area (Å²) in [5.41, 5.74) is 0. The maximum absolute atomic E-state index is 11.7. The number of hydrogen-bond acceptors (Lipinski definition) is 3. The second-order valence-electron chi connectivity index (χ2n) is 4.95. The molecule has 1 fully saturated rings. The van der Waals surface area contributed by atoms with Crippen molar-refractivity contribution in [3.8, 4) is 0 Å². The highest BCUT2D eigenvalue weighted by atomic mass is 16.5. The molecule has 1 aliphatic rings. The molecule has 0 aliphatic heterocycles. The molecule has 0 bridgehead atoms. The van der Waals surface area contributed by atoms with Gasteiger partial charge in [0.2, 0.25) is 5.91 Å². The molecule has 2 atom stereocenters. The molecule has 94 valence electrons. The molecule has 2 N–H and O–H groups in total. The van der Waals surface area contributed by atoms with Gasteiger partial charge in [0.15, 0.2) is 0 Å². The van der Waals surface area contributed by atoms with Gasteiger partial charge in [-0.05, 0) is 39.5 Å². The topological polar surface area (TPSA) is 50.4 Å². The molecule has 1 amide bonds. The van der Waals surface area contributed by atoms with Gasteiger partial charge in [-0.3, -0.25) is 4.79 Å². The molecule has 2 unspecified atom stereocenters. The molecule has 0 spiro atoms. The fourth-order valence-corrected chi connectivity index (χ4v) is 1.80. The van der Waals surface area contributed by atoms with Gasteiger partial charge in [0, 0.05) is 19.2 Å². The fraction of sp³-hybridized carbons (Fsp3) is 0.917. The Morgan fingerprint density at radius 3 is 2.44 bits per heavy atom. The average molecular weight is 228 g/mol. The average Bonchev–Trinajstić information content (AvgIpc) is 2.99. The van der Waals surface area contributed by atoms with Crippen LogP contribution in [0.25, 0.3) is 0 Å². The molecule has 1 aliphatic carbocycles. The summed E-state index contributed by atoms with van der Waals surface area (Å²) >= 11 is 0. The van der Waals surface area contributed by atoms with Crippen LogP contribution in [0.5, 0.6) is 0 Å². The smallest absolute Gasteiger partial charge is 0.237 e. The summed E-state index contributed by atoms with van der Waals surface area (Å²) in [5, 5.41) is 6.25. The van der Waals surface area contributed by atoms with E-state index in [0.29, 0.717) is 18.6 Å². The molecular weight excluding hydrogens is 204 g/mol. The van der Waals surface area contributed by atoms with Crippen LogP contribution in [0, 0.1) is 5.92 Å². The van der Waals surface area contributed by atoms with Crippen LogP contribution >= 0.6 is 0 Å². The van der Waals surface area contributed by atoms with Crippen LogP contribution < -0.4 is 10.6 Å². The highest BCUT2D eigenvalue weighted by Crippen LogP contribution is 2.32. The summed E-state index contributed by atoms with van der Waals surface area (Å²) in [6.07, 6.45) is 2.50. The predicted octanol–water partition coefficient (Wildman–Crippen LogP) is 0.914. The first-order valence-electron chi connectivity index (χ1n) is 6.10. The predicted molar refractivity (Wildman–Crippen MR) is 64.3 cm³/mol.